The first-order valence-electron chi connectivity index (χ1n) is 2.71. The average Bonchev–Trinajstić information content (AvgIpc) is 1.91. The van der Waals surface area contributed by atoms with Crippen LogP contribution in [0.3, 0.4) is 0 Å². The molecule has 0 aromatic carbocycles. The summed E-state index contributed by atoms with van der Waals surface area (Å²) < 4.78 is 0. The zero-order valence-corrected chi connectivity index (χ0v) is 5.53. The van der Waals surface area contributed by atoms with E-state index in [1.807, 2.05) is 0 Å². The molecule has 0 aliphatic carbocycles. The van der Waals surface area contributed by atoms with Gasteiger partial charge in [0.25, 0.3) is 0 Å². The number of rotatable bonds is 4. The van der Waals surface area contributed by atoms with Gasteiger partial charge in [0.15, 0.2) is 0 Å². The second-order valence-electron chi connectivity index (χ2n) is 1.54. The van der Waals surface area contributed by atoms with Crippen LogP contribution in [0.5, 0.6) is 0 Å². The van der Waals surface area contributed by atoms with Crippen molar-refractivity contribution in [2.45, 2.75) is 6.42 Å². The molecule has 0 aliphatic rings. The van der Waals surface area contributed by atoms with Gasteiger partial charge in [-0.3, -0.25) is 0 Å². The molecule has 3 radical (unpaired) electrons. The molecule has 2 nitrogen and oxygen atoms in total. The fourth-order valence-electron chi connectivity index (χ4n) is 0.422. The zero-order valence-electron chi connectivity index (χ0n) is 5.53. The summed E-state index contributed by atoms with van der Waals surface area (Å²) in [5, 5.41) is 0. The molecule has 0 saturated heterocycles. The van der Waals surface area contributed by atoms with E-state index in [1.54, 1.807) is 0 Å². The van der Waals surface area contributed by atoms with Crippen LogP contribution in [0.4, 0.5) is 0 Å². The molecule has 5 heteroatoms. The van der Waals surface area contributed by atoms with Gasteiger partial charge in [0.2, 0.25) is 0 Å². The third kappa shape index (κ3) is 2.71. The van der Waals surface area contributed by atoms with Crippen molar-refractivity contribution in [2.75, 3.05) is 0 Å². The molecule has 0 bridgehead atoms. The molecule has 0 rings (SSSR count). The summed E-state index contributed by atoms with van der Waals surface area (Å²) in [6.07, 6.45) is 2.28. The normalized spacial score (nSPS) is 7.70. The number of carbonyl (C=O) groups excluding carboxylic acids is 1. The first kappa shape index (κ1) is 9.27. The van der Waals surface area contributed by atoms with Crippen LogP contribution in [0.1, 0.15) is 6.42 Å². The number of hydrogen-bond acceptors (Lipinski definition) is 1. The van der Waals surface area contributed by atoms with E-state index in [-0.39, 0.29) is 12.3 Å². The molecule has 0 aromatic rings. The fraction of sp³-hybridized carbons (Fsp3) is 0.200. The Balaban J connectivity index is 4.00. The summed E-state index contributed by atoms with van der Waals surface area (Å²) in [5.74, 6) is 0.981. The third-order valence-electron chi connectivity index (χ3n) is 0.902. The summed E-state index contributed by atoms with van der Waals surface area (Å²) in [6.45, 7) is 0. The molecule has 0 fully saturated rings. The van der Waals surface area contributed by atoms with Gasteiger partial charge in [0.1, 0.15) is 0 Å². The van der Waals surface area contributed by atoms with E-state index in [1.165, 1.54) is 5.97 Å². The average molecular weight is 128 g/mol. The second kappa shape index (κ2) is 5.09. The van der Waals surface area contributed by atoms with Crippen molar-refractivity contribution < 1.29 is 4.79 Å². The predicted molar refractivity (Wildman–Crippen MR) is 46.9 cm³/mol. The quantitative estimate of drug-likeness (QED) is 0.402. The van der Waals surface area contributed by atoms with E-state index in [4.69, 9.17) is 22.5 Å². The van der Waals surface area contributed by atoms with Crippen LogP contribution in [0.2, 0.25) is 0 Å². The number of carbonyl (C=O) groups is 1. The van der Waals surface area contributed by atoms with Crippen molar-refractivity contribution in [2.24, 2.45) is 0 Å². The molecule has 0 aromatic heterocycles. The predicted octanol–water partition coefficient (Wildman–Crippen LogP) is -1.97. The van der Waals surface area contributed by atoms with E-state index in [0.29, 0.717) is 0 Å². The van der Waals surface area contributed by atoms with Crippen LogP contribution < -0.4 is 0 Å². The van der Waals surface area contributed by atoms with Crippen molar-refractivity contribution in [1.82, 2.24) is 4.90 Å². The van der Waals surface area contributed by atoms with E-state index < -0.39 is 0 Å². The molecule has 45 valence electrons. The van der Waals surface area contributed by atoms with Gasteiger partial charge in [-0.2, -0.15) is 0 Å². The van der Waals surface area contributed by atoms with Crippen molar-refractivity contribution in [3.05, 3.63) is 0 Å². The second-order valence-corrected chi connectivity index (χ2v) is 1.54. The SMILES string of the molecule is [B]=CCC(=O)N(C=[B])C=[B]. The molecule has 0 aliphatic heterocycles. The fourth-order valence-corrected chi connectivity index (χ4v) is 0.422. The van der Waals surface area contributed by atoms with E-state index in [9.17, 15) is 4.79 Å². The Hall–Kier alpha value is -0.725. The van der Waals surface area contributed by atoms with Gasteiger partial charge in [-0.15, -0.1) is 0 Å². The number of hydrogen-bond donors (Lipinski definition) is 0. The van der Waals surface area contributed by atoms with Gasteiger partial charge in [0.05, 0.1) is 0 Å². The van der Waals surface area contributed by atoms with Crippen LogP contribution in [0.15, 0.2) is 0 Å². The van der Waals surface area contributed by atoms with Crippen LogP contribution >= 0.6 is 0 Å². The van der Waals surface area contributed by atoms with Gasteiger partial charge in [-0.05, 0) is 0 Å². The zero-order chi connectivity index (χ0) is 7.98. The van der Waals surface area contributed by atoms with Gasteiger partial charge < -0.3 is 0 Å². The van der Waals surface area contributed by atoms with Crippen LogP contribution in [-0.2, 0) is 4.79 Å². The van der Waals surface area contributed by atoms with E-state index in [0.717, 1.165) is 17.1 Å². The Morgan fingerprint density at radius 1 is 1.30 bits per heavy atom. The van der Waals surface area contributed by atoms with E-state index >= 15 is 0 Å². The Morgan fingerprint density at radius 2 is 1.80 bits per heavy atom. The molecule has 10 heavy (non-hydrogen) atoms. The topological polar surface area (TPSA) is 20.3 Å². The minimum atomic E-state index is -0.257. The summed E-state index contributed by atoms with van der Waals surface area (Å²) in [7, 11) is 15.1. The number of amides is 1. The number of nitrogens with zero attached hydrogens (tertiary/aromatic N) is 1. The van der Waals surface area contributed by atoms with Gasteiger partial charge in [0, 0.05) is 0 Å². The molecule has 0 N–H and O–H groups in total. The van der Waals surface area contributed by atoms with Crippen LogP contribution in [0, 0.1) is 0 Å². The van der Waals surface area contributed by atoms with Gasteiger partial charge >= 0.3 is 62.6 Å². The van der Waals surface area contributed by atoms with E-state index in [2.05, 4.69) is 0 Å². The summed E-state index contributed by atoms with van der Waals surface area (Å²) >= 11 is 0. The maximum atomic E-state index is 10.8. The van der Waals surface area contributed by atoms with Gasteiger partial charge in [-0.25, -0.2) is 0 Å². The molecule has 1 amide bonds. The molecular weight excluding hydrogens is 122 g/mol. The third-order valence-corrected chi connectivity index (χ3v) is 0.902. The Labute approximate surface area is 63.4 Å². The molecule has 0 atom stereocenters. The molecular formula is C5H5B3NO. The van der Waals surface area contributed by atoms with Crippen LogP contribution in [-0.4, -0.2) is 51.4 Å². The van der Waals surface area contributed by atoms with Crippen molar-refractivity contribution in [1.29, 1.82) is 0 Å². The molecule has 0 unspecified atom stereocenters. The Kier molecular flexibility index (Phi) is 4.72. The van der Waals surface area contributed by atoms with Crippen molar-refractivity contribution >= 4 is 46.5 Å². The minimum absolute atomic E-state index is 0.126. The van der Waals surface area contributed by atoms with Crippen molar-refractivity contribution in [3.8, 4) is 0 Å². The summed E-state index contributed by atoms with van der Waals surface area (Å²) in [5.41, 5.74) is 0. The molecule has 0 saturated carbocycles. The first-order chi connectivity index (χ1) is 4.76. The van der Waals surface area contributed by atoms with Crippen molar-refractivity contribution in [3.63, 3.8) is 0 Å². The molecule has 0 spiro atoms. The van der Waals surface area contributed by atoms with Crippen LogP contribution in [0.25, 0.3) is 0 Å². The Bertz CT molecular complexity index is 160. The maximum absolute atomic E-state index is 10.8. The summed E-state index contributed by atoms with van der Waals surface area (Å²) in [4.78, 5) is 11.9. The monoisotopic (exact) mass is 128 g/mol. The standard InChI is InChI=1S/C5H5B3NO/c6-2-1-5(10)9(3-7)4-8/h2-4H,1H2. The Morgan fingerprint density at radius 3 is 2.10 bits per heavy atom. The molecule has 0 heterocycles. The summed E-state index contributed by atoms with van der Waals surface area (Å²) in [6, 6.07) is 0. The van der Waals surface area contributed by atoms with Gasteiger partial charge in [-0.1, -0.05) is 0 Å². The first-order valence-corrected chi connectivity index (χ1v) is 2.71.